The largest absolute Gasteiger partial charge is 0.339 e. The smallest absolute Gasteiger partial charge is 0.259 e. The number of aromatic nitrogens is 3. The molecule has 0 saturated carbocycles. The van der Waals surface area contributed by atoms with E-state index in [1.807, 2.05) is 55.6 Å². The lowest BCUT2D eigenvalue weighted by Crippen LogP contribution is -2.41. The van der Waals surface area contributed by atoms with Crippen LogP contribution in [0.15, 0.2) is 85.1 Å². The lowest BCUT2D eigenvalue weighted by atomic mass is 9.95. The molecule has 2 N–H and O–H groups in total. The Morgan fingerprint density at radius 3 is 2.44 bits per heavy atom. The van der Waals surface area contributed by atoms with E-state index in [0.717, 1.165) is 26.6 Å². The lowest BCUT2D eigenvalue weighted by Gasteiger charge is -2.32. The van der Waals surface area contributed by atoms with Crippen LogP contribution in [-0.2, 0) is 4.79 Å². The summed E-state index contributed by atoms with van der Waals surface area (Å²) in [4.78, 5) is 54.5. The number of amides is 4. The van der Waals surface area contributed by atoms with Gasteiger partial charge in [0.15, 0.2) is 0 Å². The summed E-state index contributed by atoms with van der Waals surface area (Å²) in [6, 6.07) is 24.6. The molecule has 1 fully saturated rings. The van der Waals surface area contributed by atoms with Crippen LogP contribution in [0.25, 0.3) is 26.7 Å². The van der Waals surface area contributed by atoms with Crippen molar-refractivity contribution in [3.05, 3.63) is 107 Å². The molecule has 0 unspecified atom stereocenters. The molecule has 0 atom stereocenters. The molecule has 1 saturated heterocycles. The minimum atomic E-state index is -0.473. The van der Waals surface area contributed by atoms with Crippen LogP contribution in [0.3, 0.4) is 0 Å². The quantitative estimate of drug-likeness (QED) is 0.248. The summed E-state index contributed by atoms with van der Waals surface area (Å²) in [6.45, 7) is 2.81. The van der Waals surface area contributed by atoms with Gasteiger partial charge in [-0.25, -0.2) is 4.68 Å². The van der Waals surface area contributed by atoms with E-state index in [9.17, 15) is 19.2 Å². The summed E-state index contributed by atoms with van der Waals surface area (Å²) < 4.78 is 1.65. The number of anilines is 1. The molecule has 7 rings (SSSR count). The van der Waals surface area contributed by atoms with Crippen molar-refractivity contribution >= 4 is 40.7 Å². The van der Waals surface area contributed by atoms with E-state index >= 15 is 0 Å². The van der Waals surface area contributed by atoms with Crippen molar-refractivity contribution in [1.29, 1.82) is 0 Å². The van der Waals surface area contributed by atoms with Crippen LogP contribution >= 0.6 is 11.3 Å². The van der Waals surface area contributed by atoms with Gasteiger partial charge in [-0.2, -0.15) is 0 Å². The Hall–Kier alpha value is -5.42. The normalized spacial score (nSPS) is 14.7. The van der Waals surface area contributed by atoms with Crippen molar-refractivity contribution in [2.24, 2.45) is 5.92 Å². The zero-order valence-electron chi connectivity index (χ0n) is 24.3. The summed E-state index contributed by atoms with van der Waals surface area (Å²) in [7, 11) is 0. The van der Waals surface area contributed by atoms with E-state index in [-0.39, 0.29) is 23.3 Å². The van der Waals surface area contributed by atoms with Crippen molar-refractivity contribution < 1.29 is 19.2 Å². The molecule has 0 aliphatic carbocycles. The maximum atomic E-state index is 13.8. The molecular formula is C34H28N6O4S. The maximum Gasteiger partial charge on any atom is 0.259 e. The van der Waals surface area contributed by atoms with Gasteiger partial charge in [0.25, 0.3) is 17.7 Å². The monoisotopic (exact) mass is 616 g/mol. The highest BCUT2D eigenvalue weighted by Crippen LogP contribution is 2.34. The van der Waals surface area contributed by atoms with Crippen LogP contribution in [0.1, 0.15) is 49.5 Å². The summed E-state index contributed by atoms with van der Waals surface area (Å²) in [5, 5.41) is 13.9. The van der Waals surface area contributed by atoms with E-state index in [1.54, 1.807) is 27.0 Å². The summed E-state index contributed by atoms with van der Waals surface area (Å²) in [5.41, 5.74) is 5.03. The highest BCUT2D eigenvalue weighted by molar-refractivity contribution is 7.18. The predicted octanol–water partition coefficient (Wildman–Crippen LogP) is 5.35. The minimum absolute atomic E-state index is 0.127. The van der Waals surface area contributed by atoms with Gasteiger partial charge >= 0.3 is 0 Å². The van der Waals surface area contributed by atoms with Gasteiger partial charge in [0.1, 0.15) is 5.69 Å². The number of hydrogen-bond acceptors (Lipinski definition) is 7. The van der Waals surface area contributed by atoms with Gasteiger partial charge in [-0.05, 0) is 73.4 Å². The number of likely N-dealkylation sites (tertiary alicyclic amines) is 1. The number of carbonyl (C=O) groups excluding carboxylic acids is 4. The van der Waals surface area contributed by atoms with Crippen molar-refractivity contribution in [2.75, 3.05) is 18.4 Å². The molecule has 4 heterocycles. The molecule has 2 aliphatic heterocycles. The van der Waals surface area contributed by atoms with Gasteiger partial charge in [-0.1, -0.05) is 41.6 Å². The number of benzene rings is 3. The molecule has 0 spiro atoms. The number of nitrogens with zero attached hydrogens (tertiary/aromatic N) is 4. The highest BCUT2D eigenvalue weighted by atomic mass is 32.1. The minimum Gasteiger partial charge on any atom is -0.339 e. The first-order chi connectivity index (χ1) is 21.8. The maximum absolute atomic E-state index is 13.8. The topological polar surface area (TPSA) is 126 Å². The molecule has 2 aliphatic rings. The van der Waals surface area contributed by atoms with Crippen molar-refractivity contribution in [2.45, 2.75) is 19.8 Å². The third-order valence-corrected chi connectivity index (χ3v) is 9.35. The second-order valence-electron chi connectivity index (χ2n) is 11.2. The summed E-state index contributed by atoms with van der Waals surface area (Å²) in [6.07, 6.45) is 2.85. The third kappa shape index (κ3) is 5.53. The Morgan fingerprint density at radius 1 is 0.889 bits per heavy atom. The van der Waals surface area contributed by atoms with Crippen LogP contribution in [0.2, 0.25) is 0 Å². The number of piperidine rings is 1. The zero-order chi connectivity index (χ0) is 31.1. The molecule has 45 heavy (non-hydrogen) atoms. The van der Waals surface area contributed by atoms with Gasteiger partial charge in [0, 0.05) is 29.6 Å². The number of imide groups is 1. The Morgan fingerprint density at radius 2 is 1.64 bits per heavy atom. The SMILES string of the molecule is Cc1ccc(C(=O)N2CCC(C(=O)Nc3ccc4c(c3)C(=O)NC4=O)CC2)c(-n2cc(-c3ccc(-c4ccccc4)s3)nn2)c1. The molecule has 11 heteroatoms. The van der Waals surface area contributed by atoms with E-state index < -0.39 is 11.8 Å². The second kappa shape index (κ2) is 11.6. The number of fused-ring (bicyclic) bond motifs is 1. The molecular weight excluding hydrogens is 588 g/mol. The number of hydrogen-bond donors (Lipinski definition) is 2. The van der Waals surface area contributed by atoms with Crippen LogP contribution in [0, 0.1) is 12.8 Å². The van der Waals surface area contributed by atoms with Crippen molar-refractivity contribution in [3.8, 4) is 26.7 Å². The van der Waals surface area contributed by atoms with Crippen LogP contribution < -0.4 is 10.6 Å². The van der Waals surface area contributed by atoms with Crippen molar-refractivity contribution in [1.82, 2.24) is 25.2 Å². The van der Waals surface area contributed by atoms with Crippen LogP contribution in [0.5, 0.6) is 0 Å². The Labute approximate surface area is 262 Å². The first-order valence-corrected chi connectivity index (χ1v) is 15.4. The van der Waals surface area contributed by atoms with Gasteiger partial charge < -0.3 is 10.2 Å². The number of carbonyl (C=O) groups is 4. The number of aryl methyl sites for hydroxylation is 1. The molecule has 4 amide bonds. The molecule has 224 valence electrons. The van der Waals surface area contributed by atoms with E-state index in [4.69, 9.17) is 0 Å². The van der Waals surface area contributed by atoms with Crippen LogP contribution in [0.4, 0.5) is 5.69 Å². The molecule has 0 bridgehead atoms. The van der Waals surface area contributed by atoms with Crippen molar-refractivity contribution in [3.63, 3.8) is 0 Å². The van der Waals surface area contributed by atoms with E-state index in [1.165, 1.54) is 12.1 Å². The molecule has 3 aromatic carbocycles. The first kappa shape index (κ1) is 28.4. The molecule has 0 radical (unpaired) electrons. The number of thiophene rings is 1. The standard InChI is InChI=1S/C34H28N6O4S/c1-20-7-9-25(28(17-20)40-19-27(37-38-40)30-12-11-29(45-30)21-5-3-2-4-6-21)34(44)39-15-13-22(14-16-39)31(41)35-23-8-10-24-26(18-23)33(43)36-32(24)42/h2-12,17-19,22H,13-16H2,1H3,(H,35,41)(H,36,42,43). The van der Waals surface area contributed by atoms with Gasteiger partial charge in [-0.15, -0.1) is 16.4 Å². The van der Waals surface area contributed by atoms with E-state index in [0.29, 0.717) is 48.4 Å². The Kier molecular flexibility index (Phi) is 7.30. The molecule has 10 nitrogen and oxygen atoms in total. The summed E-state index contributed by atoms with van der Waals surface area (Å²) in [5.74, 6) is -1.51. The van der Waals surface area contributed by atoms with Crippen LogP contribution in [-0.4, -0.2) is 56.6 Å². The van der Waals surface area contributed by atoms with Gasteiger partial charge in [0.2, 0.25) is 5.91 Å². The Bertz CT molecular complexity index is 1970. The van der Waals surface area contributed by atoms with E-state index in [2.05, 4.69) is 39.1 Å². The second-order valence-corrected chi connectivity index (χ2v) is 12.3. The summed E-state index contributed by atoms with van der Waals surface area (Å²) >= 11 is 1.64. The predicted molar refractivity (Wildman–Crippen MR) is 170 cm³/mol. The highest BCUT2D eigenvalue weighted by Gasteiger charge is 2.31. The fraction of sp³-hybridized carbons (Fsp3) is 0.176. The van der Waals surface area contributed by atoms with Gasteiger partial charge in [-0.3, -0.25) is 24.5 Å². The molecule has 5 aromatic rings. The molecule has 2 aromatic heterocycles. The fourth-order valence-corrected chi connectivity index (χ4v) is 6.71. The first-order valence-electron chi connectivity index (χ1n) is 14.6. The fourth-order valence-electron chi connectivity index (χ4n) is 5.74. The zero-order valence-corrected chi connectivity index (χ0v) is 25.1. The average Bonchev–Trinajstić information content (AvgIpc) is 3.81. The third-order valence-electron chi connectivity index (χ3n) is 8.20. The average molecular weight is 617 g/mol. The van der Waals surface area contributed by atoms with Gasteiger partial charge in [0.05, 0.1) is 33.5 Å². The lowest BCUT2D eigenvalue weighted by molar-refractivity contribution is -0.121. The Balaban J connectivity index is 1.03. The number of rotatable bonds is 6. The number of nitrogens with one attached hydrogen (secondary N) is 2.